The Bertz CT molecular complexity index is 3130. The van der Waals surface area contributed by atoms with Gasteiger partial charge in [0.2, 0.25) is 0 Å². The number of hydrogen-bond acceptors (Lipinski definition) is 3. The van der Waals surface area contributed by atoms with Crippen LogP contribution in [0.15, 0.2) is 205 Å². The van der Waals surface area contributed by atoms with Crippen molar-refractivity contribution in [1.29, 1.82) is 0 Å². The smallest absolute Gasteiger partial charge is 0.136 e. The highest BCUT2D eigenvalue weighted by molar-refractivity contribution is 6.06. The molecule has 1 aromatic heterocycles. The van der Waals surface area contributed by atoms with Crippen LogP contribution in [0.1, 0.15) is 36.8 Å². The number of furan rings is 1. The summed E-state index contributed by atoms with van der Waals surface area (Å²) in [6.45, 7) is 2.33. The Labute approximate surface area is 351 Å². The van der Waals surface area contributed by atoms with Crippen molar-refractivity contribution in [1.82, 2.24) is 0 Å². The van der Waals surface area contributed by atoms with Crippen molar-refractivity contribution in [2.75, 3.05) is 10.2 Å². The molecule has 1 N–H and O–H groups in total. The number of benzene rings is 8. The van der Waals surface area contributed by atoms with Crippen molar-refractivity contribution >= 4 is 61.5 Å². The lowest BCUT2D eigenvalue weighted by atomic mass is 9.82. The predicted molar refractivity (Wildman–Crippen MR) is 255 cm³/mol. The zero-order chi connectivity index (χ0) is 40.0. The fourth-order valence-electron chi connectivity index (χ4n) is 9.32. The summed E-state index contributed by atoms with van der Waals surface area (Å²) in [6.07, 6.45) is 15.4. The van der Waals surface area contributed by atoms with Gasteiger partial charge in [-0.05, 0) is 135 Å². The minimum Gasteiger partial charge on any atom is -0.456 e. The van der Waals surface area contributed by atoms with Gasteiger partial charge in [-0.2, -0.15) is 0 Å². The average molecular weight is 773 g/mol. The van der Waals surface area contributed by atoms with Crippen LogP contribution in [0.2, 0.25) is 0 Å². The predicted octanol–water partition coefficient (Wildman–Crippen LogP) is 16.0. The number of fused-ring (bicyclic) bond motifs is 5. The first-order valence-corrected chi connectivity index (χ1v) is 21.1. The van der Waals surface area contributed by atoms with E-state index in [9.17, 15) is 0 Å². The Hall–Kier alpha value is -7.36. The van der Waals surface area contributed by atoms with E-state index in [1.165, 1.54) is 61.1 Å². The van der Waals surface area contributed by atoms with Gasteiger partial charge in [-0.1, -0.05) is 147 Å². The van der Waals surface area contributed by atoms with Gasteiger partial charge in [-0.15, -0.1) is 0 Å². The van der Waals surface area contributed by atoms with E-state index in [-0.39, 0.29) is 6.04 Å². The van der Waals surface area contributed by atoms with Gasteiger partial charge in [0, 0.05) is 39.1 Å². The molecule has 8 aromatic carbocycles. The number of para-hydroxylation sites is 1. The zero-order valence-corrected chi connectivity index (χ0v) is 33.6. The molecule has 3 heteroatoms. The molecule has 0 spiro atoms. The monoisotopic (exact) mass is 772 g/mol. The van der Waals surface area contributed by atoms with Crippen LogP contribution in [0.5, 0.6) is 0 Å². The normalized spacial score (nSPS) is 15.8. The average Bonchev–Trinajstić information content (AvgIpc) is 3.68. The van der Waals surface area contributed by atoms with Crippen LogP contribution >= 0.6 is 0 Å². The molecule has 3 nitrogen and oxygen atoms in total. The second-order valence-corrected chi connectivity index (χ2v) is 16.2. The molecule has 288 valence electrons. The van der Waals surface area contributed by atoms with Gasteiger partial charge in [0.25, 0.3) is 0 Å². The van der Waals surface area contributed by atoms with Crippen molar-refractivity contribution < 1.29 is 4.42 Å². The number of nitrogens with one attached hydrogen (secondary N) is 1. The van der Waals surface area contributed by atoms with Crippen LogP contribution in [0, 0.1) is 0 Å². The van der Waals surface area contributed by atoms with E-state index in [1.54, 1.807) is 0 Å². The van der Waals surface area contributed by atoms with E-state index in [4.69, 9.17) is 4.42 Å². The second kappa shape index (κ2) is 15.1. The highest BCUT2D eigenvalue weighted by Gasteiger charge is 2.23. The lowest BCUT2D eigenvalue weighted by molar-refractivity contribution is 0.669. The summed E-state index contributed by atoms with van der Waals surface area (Å²) < 4.78 is 6.36. The summed E-state index contributed by atoms with van der Waals surface area (Å²) >= 11 is 0. The summed E-state index contributed by atoms with van der Waals surface area (Å²) in [5, 5.41) is 8.64. The van der Waals surface area contributed by atoms with E-state index in [2.05, 4.69) is 211 Å². The van der Waals surface area contributed by atoms with Crippen LogP contribution < -0.4 is 10.2 Å². The van der Waals surface area contributed by atoms with Crippen molar-refractivity contribution in [3.8, 4) is 33.4 Å². The molecule has 2 atom stereocenters. The summed E-state index contributed by atoms with van der Waals surface area (Å²) in [6, 6.07) is 61.9. The fourth-order valence-corrected chi connectivity index (χ4v) is 9.32. The van der Waals surface area contributed by atoms with Gasteiger partial charge in [-0.25, -0.2) is 0 Å². The molecule has 0 bridgehead atoms. The Morgan fingerprint density at radius 1 is 0.533 bits per heavy atom. The first kappa shape index (κ1) is 35.8. The summed E-state index contributed by atoms with van der Waals surface area (Å²) in [7, 11) is 0. The first-order valence-electron chi connectivity index (χ1n) is 21.1. The molecule has 0 fully saturated rings. The highest BCUT2D eigenvalue weighted by atomic mass is 16.3. The quantitative estimate of drug-likeness (QED) is 0.167. The minimum atomic E-state index is 0.228. The van der Waals surface area contributed by atoms with Gasteiger partial charge < -0.3 is 14.6 Å². The fraction of sp³-hybridized carbons (Fsp3) is 0.0877. The lowest BCUT2D eigenvalue weighted by Crippen LogP contribution is -2.29. The molecule has 11 rings (SSSR count). The van der Waals surface area contributed by atoms with Crippen molar-refractivity contribution in [3.63, 3.8) is 0 Å². The van der Waals surface area contributed by atoms with E-state index in [0.29, 0.717) is 5.92 Å². The van der Waals surface area contributed by atoms with Crippen molar-refractivity contribution in [2.45, 2.75) is 31.7 Å². The molecular weight excluding hydrogens is 729 g/mol. The Balaban J connectivity index is 0.871. The number of rotatable bonds is 8. The van der Waals surface area contributed by atoms with Gasteiger partial charge in [0.15, 0.2) is 0 Å². The van der Waals surface area contributed by atoms with Crippen LogP contribution in [0.25, 0.3) is 72.2 Å². The molecule has 2 aliphatic rings. The summed E-state index contributed by atoms with van der Waals surface area (Å²) in [5.41, 5.74) is 16.2. The maximum Gasteiger partial charge on any atom is 0.136 e. The van der Waals surface area contributed by atoms with Crippen LogP contribution in [0.4, 0.5) is 22.7 Å². The molecule has 0 amide bonds. The summed E-state index contributed by atoms with van der Waals surface area (Å²) in [5.74, 6) is 0.398. The summed E-state index contributed by atoms with van der Waals surface area (Å²) in [4.78, 5) is 2.46. The second-order valence-electron chi connectivity index (χ2n) is 16.2. The molecule has 0 saturated heterocycles. The maximum absolute atomic E-state index is 6.36. The molecule has 1 heterocycles. The number of allylic oxidation sites excluding steroid dienone is 3. The number of anilines is 4. The molecule has 0 saturated carbocycles. The maximum atomic E-state index is 6.36. The highest BCUT2D eigenvalue weighted by Crippen LogP contribution is 2.44. The Kier molecular flexibility index (Phi) is 9.01. The van der Waals surface area contributed by atoms with E-state index < -0.39 is 0 Å². The molecule has 0 radical (unpaired) electrons. The SMILES string of the molecule is CC1CC=Cc2ccc(Nc3ccc(-c4ccc(N(c5ccc(-c6ccc7ccccc7c6)cc5)C5C=CC=CC5)cc4)cc3)c(-c3ccc4c(c3)oc3ccccc34)c21. The third-order valence-electron chi connectivity index (χ3n) is 12.4. The van der Waals surface area contributed by atoms with Crippen molar-refractivity contribution in [2.24, 2.45) is 0 Å². The van der Waals surface area contributed by atoms with Crippen LogP contribution in [-0.2, 0) is 0 Å². The van der Waals surface area contributed by atoms with Gasteiger partial charge in [0.05, 0.1) is 6.04 Å². The lowest BCUT2D eigenvalue weighted by Gasteiger charge is -2.33. The minimum absolute atomic E-state index is 0.228. The number of nitrogens with zero attached hydrogens (tertiary/aromatic N) is 1. The van der Waals surface area contributed by atoms with E-state index in [0.717, 1.165) is 51.7 Å². The van der Waals surface area contributed by atoms with E-state index >= 15 is 0 Å². The molecule has 60 heavy (non-hydrogen) atoms. The molecule has 2 unspecified atom stereocenters. The molecule has 0 aliphatic heterocycles. The van der Waals surface area contributed by atoms with Gasteiger partial charge in [0.1, 0.15) is 11.2 Å². The molecule has 2 aliphatic carbocycles. The molecular formula is C57H44N2O. The van der Waals surface area contributed by atoms with Gasteiger partial charge in [-0.3, -0.25) is 0 Å². The third kappa shape index (κ3) is 6.59. The van der Waals surface area contributed by atoms with E-state index in [1.807, 2.05) is 12.1 Å². The van der Waals surface area contributed by atoms with Crippen LogP contribution in [-0.4, -0.2) is 6.04 Å². The Morgan fingerprint density at radius 3 is 1.97 bits per heavy atom. The zero-order valence-electron chi connectivity index (χ0n) is 33.6. The molecule has 9 aromatic rings. The Morgan fingerprint density at radius 2 is 1.20 bits per heavy atom. The third-order valence-corrected chi connectivity index (χ3v) is 12.4. The first-order chi connectivity index (χ1) is 29.6. The van der Waals surface area contributed by atoms with Crippen LogP contribution in [0.3, 0.4) is 0 Å². The number of hydrogen-bond donors (Lipinski definition) is 1. The van der Waals surface area contributed by atoms with Gasteiger partial charge >= 0.3 is 0 Å². The largest absolute Gasteiger partial charge is 0.456 e. The van der Waals surface area contributed by atoms with Crippen molar-refractivity contribution in [3.05, 3.63) is 211 Å². The topological polar surface area (TPSA) is 28.4 Å². The standard InChI is InChI=1S/C57H44N2O/c1-38-10-9-13-43-27-35-53(57(56(38)43)46-26-34-52-51-16-7-8-17-54(51)60-55(52)37-46)58-47-28-20-40(21-29-47)41-22-30-49(31-23-41)59(48-14-3-2-4-15-48)50-32-24-42(25-33-50)45-19-18-39-11-5-6-12-44(39)36-45/h2-9,11-14,16-38,48,58H,10,15H2,1H3.